The van der Waals surface area contributed by atoms with Gasteiger partial charge in [-0.15, -0.1) is 10.2 Å². The van der Waals surface area contributed by atoms with E-state index in [-0.39, 0.29) is 0 Å². The highest BCUT2D eigenvalue weighted by molar-refractivity contribution is 5.76. The third-order valence-electron chi connectivity index (χ3n) is 1.63. The van der Waals surface area contributed by atoms with Crippen molar-refractivity contribution in [3.63, 3.8) is 0 Å². The van der Waals surface area contributed by atoms with Gasteiger partial charge in [0.25, 0.3) is 0 Å². The Kier molecular flexibility index (Phi) is 1.66. The summed E-state index contributed by atoms with van der Waals surface area (Å²) in [5, 5.41) is 16.0. The predicted octanol–water partition coefficient (Wildman–Crippen LogP) is 0.562. The summed E-state index contributed by atoms with van der Waals surface area (Å²) in [5.41, 5.74) is 0. The van der Waals surface area contributed by atoms with Crippen LogP contribution in [0.3, 0.4) is 0 Å². The van der Waals surface area contributed by atoms with E-state index in [1.807, 2.05) is 0 Å². The summed E-state index contributed by atoms with van der Waals surface area (Å²) in [5.74, 6) is -0.587. The first-order valence-electron chi connectivity index (χ1n) is 3.61. The zero-order valence-corrected chi connectivity index (χ0v) is 6.53. The van der Waals surface area contributed by atoms with Gasteiger partial charge in [-0.1, -0.05) is 0 Å². The topological polar surface area (TPSA) is 77.6 Å². The van der Waals surface area contributed by atoms with Crippen LogP contribution in [0.4, 0.5) is 0 Å². The summed E-state index contributed by atoms with van der Waals surface area (Å²) in [6.45, 7) is 0. The molecule has 2 aliphatic rings. The quantitative estimate of drug-likeness (QED) is 0.637. The zero-order valence-electron chi connectivity index (χ0n) is 6.53. The van der Waals surface area contributed by atoms with Gasteiger partial charge in [-0.25, -0.2) is 4.79 Å². The monoisotopic (exact) mass is 178 g/mol. The van der Waals surface area contributed by atoms with Gasteiger partial charge in [-0.2, -0.15) is 0 Å². The maximum atomic E-state index is 10.7. The molecule has 0 saturated carbocycles. The van der Waals surface area contributed by atoms with Crippen molar-refractivity contribution in [1.82, 2.24) is 4.90 Å². The van der Waals surface area contributed by atoms with Gasteiger partial charge in [-0.05, 0) is 6.08 Å². The van der Waals surface area contributed by atoms with Crippen molar-refractivity contribution in [1.29, 1.82) is 0 Å². The fourth-order valence-corrected chi connectivity index (χ4v) is 1.06. The second kappa shape index (κ2) is 2.81. The van der Waals surface area contributed by atoms with Crippen molar-refractivity contribution in [2.45, 2.75) is 6.17 Å². The number of fused-ring (bicyclic) bond motifs is 1. The van der Waals surface area contributed by atoms with E-state index in [0.29, 0.717) is 5.82 Å². The second-order valence-electron chi connectivity index (χ2n) is 2.46. The minimum atomic E-state index is -1.03. The van der Waals surface area contributed by atoms with Crippen LogP contribution >= 0.6 is 0 Å². The summed E-state index contributed by atoms with van der Waals surface area (Å²) < 4.78 is 0. The number of carbonyl (C=O) groups is 1. The van der Waals surface area contributed by atoms with Gasteiger partial charge in [0.2, 0.25) is 6.17 Å². The molecule has 0 aliphatic carbocycles. The molecular weight excluding hydrogens is 172 g/mol. The third-order valence-corrected chi connectivity index (χ3v) is 1.63. The molecule has 2 heterocycles. The van der Waals surface area contributed by atoms with Crippen molar-refractivity contribution < 1.29 is 9.90 Å². The molecule has 0 bridgehead atoms. The van der Waals surface area contributed by atoms with Crippen LogP contribution in [-0.2, 0) is 4.79 Å². The minimum Gasteiger partial charge on any atom is -0.478 e. The maximum Gasteiger partial charge on any atom is 0.351 e. The summed E-state index contributed by atoms with van der Waals surface area (Å²) in [6.07, 6.45) is 5.28. The summed E-state index contributed by atoms with van der Waals surface area (Å²) >= 11 is 0. The molecule has 1 N–H and O–H groups in total. The third kappa shape index (κ3) is 1.22. The maximum absolute atomic E-state index is 10.7. The lowest BCUT2D eigenvalue weighted by Crippen LogP contribution is -2.30. The number of rotatable bonds is 1. The Balaban J connectivity index is 2.33. The van der Waals surface area contributed by atoms with E-state index in [1.165, 1.54) is 11.1 Å². The van der Waals surface area contributed by atoms with Crippen LogP contribution in [0.25, 0.3) is 0 Å². The normalized spacial score (nSPS) is 24.2. The second-order valence-corrected chi connectivity index (χ2v) is 2.46. The van der Waals surface area contributed by atoms with Gasteiger partial charge in [0, 0.05) is 12.4 Å². The molecule has 0 amide bonds. The molecule has 0 saturated heterocycles. The van der Waals surface area contributed by atoms with E-state index in [2.05, 4.69) is 15.2 Å². The molecule has 2 rings (SSSR count). The van der Waals surface area contributed by atoms with E-state index in [1.54, 1.807) is 18.5 Å². The molecule has 0 spiro atoms. The van der Waals surface area contributed by atoms with E-state index in [4.69, 9.17) is 5.11 Å². The molecule has 66 valence electrons. The number of carboxylic acid groups (broad SMARTS) is 1. The first-order chi connectivity index (χ1) is 6.29. The number of aliphatic carboxylic acids is 1. The first kappa shape index (κ1) is 7.66. The Morgan fingerprint density at radius 3 is 3.23 bits per heavy atom. The first-order valence-corrected chi connectivity index (χ1v) is 3.61. The minimum absolute atomic E-state index is 0.442. The molecule has 0 fully saturated rings. The molecule has 1 unspecified atom stereocenters. The molecule has 0 aromatic carbocycles. The lowest BCUT2D eigenvalue weighted by molar-refractivity contribution is -0.140. The van der Waals surface area contributed by atoms with Gasteiger partial charge in [0.1, 0.15) is 0 Å². The van der Waals surface area contributed by atoms with Crippen molar-refractivity contribution in [2.24, 2.45) is 15.2 Å². The van der Waals surface area contributed by atoms with E-state index in [0.717, 1.165) is 0 Å². The van der Waals surface area contributed by atoms with Gasteiger partial charge in [0.05, 0.1) is 6.20 Å². The Morgan fingerprint density at radius 1 is 1.62 bits per heavy atom. The summed E-state index contributed by atoms with van der Waals surface area (Å²) in [4.78, 5) is 16.0. The smallest absolute Gasteiger partial charge is 0.351 e. The number of nitrogens with zero attached hydrogens (tertiary/aromatic N) is 4. The number of azo groups is 1. The number of hydrogen-bond donors (Lipinski definition) is 1. The zero-order chi connectivity index (χ0) is 9.26. The van der Waals surface area contributed by atoms with Crippen LogP contribution in [0, 0.1) is 0 Å². The Labute approximate surface area is 73.6 Å². The van der Waals surface area contributed by atoms with Crippen molar-refractivity contribution in [3.05, 3.63) is 24.3 Å². The molecule has 6 nitrogen and oxygen atoms in total. The lowest BCUT2D eigenvalue weighted by Gasteiger charge is -2.14. The van der Waals surface area contributed by atoms with Crippen LogP contribution in [0.2, 0.25) is 0 Å². The van der Waals surface area contributed by atoms with Crippen molar-refractivity contribution in [3.8, 4) is 0 Å². The predicted molar refractivity (Wildman–Crippen MR) is 43.8 cm³/mol. The van der Waals surface area contributed by atoms with Crippen LogP contribution in [0.15, 0.2) is 39.5 Å². The standard InChI is InChI=1S/C7H6N4O2/c12-7(13)6-10-9-5-4-8-2-1-3-11(5)6/h1-4,6H,(H,12,13). The number of carboxylic acids is 1. The fraction of sp³-hybridized carbons (Fsp3) is 0.143. The average molecular weight is 178 g/mol. The van der Waals surface area contributed by atoms with Crippen LogP contribution in [0.1, 0.15) is 0 Å². The number of allylic oxidation sites excluding steroid dienone is 1. The molecule has 6 heteroatoms. The highest BCUT2D eigenvalue weighted by Gasteiger charge is 2.30. The molecule has 0 aromatic heterocycles. The molecule has 1 atom stereocenters. The van der Waals surface area contributed by atoms with Gasteiger partial charge in [-0.3, -0.25) is 9.89 Å². The van der Waals surface area contributed by atoms with Gasteiger partial charge in [0.15, 0.2) is 5.82 Å². The Hall–Kier alpha value is -1.98. The SMILES string of the molecule is O=C(O)C1N=NC2=CN=CC=CN21. The van der Waals surface area contributed by atoms with Crippen LogP contribution < -0.4 is 0 Å². The van der Waals surface area contributed by atoms with Crippen molar-refractivity contribution >= 4 is 12.2 Å². The van der Waals surface area contributed by atoms with E-state index >= 15 is 0 Å². The summed E-state index contributed by atoms with van der Waals surface area (Å²) in [6, 6.07) is 0. The summed E-state index contributed by atoms with van der Waals surface area (Å²) in [7, 11) is 0. The Bertz CT molecular complexity index is 356. The largest absolute Gasteiger partial charge is 0.478 e. The number of hydrogen-bond acceptors (Lipinski definition) is 5. The number of aliphatic imine (C=N–C) groups is 1. The average Bonchev–Trinajstić information content (AvgIpc) is 2.36. The molecule has 0 radical (unpaired) electrons. The highest BCUT2D eigenvalue weighted by Crippen LogP contribution is 2.22. The Morgan fingerprint density at radius 2 is 2.46 bits per heavy atom. The fourth-order valence-electron chi connectivity index (χ4n) is 1.06. The van der Waals surface area contributed by atoms with Gasteiger partial charge < -0.3 is 5.11 Å². The molecule has 2 aliphatic heterocycles. The molecule has 13 heavy (non-hydrogen) atoms. The van der Waals surface area contributed by atoms with Crippen molar-refractivity contribution in [2.75, 3.05) is 0 Å². The van der Waals surface area contributed by atoms with Gasteiger partial charge >= 0.3 is 5.97 Å². The highest BCUT2D eigenvalue weighted by atomic mass is 16.4. The van der Waals surface area contributed by atoms with Crippen LogP contribution in [0.5, 0.6) is 0 Å². The molecular formula is C7H6N4O2. The van der Waals surface area contributed by atoms with E-state index in [9.17, 15) is 4.79 Å². The molecule has 0 aromatic rings. The van der Waals surface area contributed by atoms with E-state index < -0.39 is 12.1 Å². The van der Waals surface area contributed by atoms with Crippen LogP contribution in [-0.4, -0.2) is 28.4 Å². The lowest BCUT2D eigenvalue weighted by atomic mass is 10.4.